The predicted molar refractivity (Wildman–Crippen MR) is 137 cm³/mol. The van der Waals surface area contributed by atoms with Crippen LogP contribution in [0.5, 0.6) is 0 Å². The minimum absolute atomic E-state index is 0.155. The summed E-state index contributed by atoms with van der Waals surface area (Å²) in [6.45, 7) is 5.19. The zero-order valence-electron chi connectivity index (χ0n) is 20.9. The van der Waals surface area contributed by atoms with Gasteiger partial charge in [-0.05, 0) is 42.5 Å². The topological polar surface area (TPSA) is 163 Å². The Bertz CT molecular complexity index is 1210. The van der Waals surface area contributed by atoms with Gasteiger partial charge in [-0.3, -0.25) is 19.6 Å². The average molecular weight is 511 g/mol. The molecular weight excluding hydrogens is 476 g/mol. The van der Waals surface area contributed by atoms with Crippen LogP contribution in [0.25, 0.3) is 5.69 Å². The molecule has 1 saturated carbocycles. The van der Waals surface area contributed by atoms with Crippen LogP contribution in [0.15, 0.2) is 41.3 Å². The molecule has 0 bridgehead atoms. The van der Waals surface area contributed by atoms with Crippen molar-refractivity contribution < 1.29 is 14.7 Å². The van der Waals surface area contributed by atoms with Crippen LogP contribution in [0.2, 0.25) is 0 Å². The van der Waals surface area contributed by atoms with E-state index in [4.69, 9.17) is 11.5 Å². The fourth-order valence-corrected chi connectivity index (χ4v) is 5.21. The molecule has 3 amide bonds. The minimum Gasteiger partial charge on any atom is -0.394 e. The zero-order chi connectivity index (χ0) is 26.3. The highest BCUT2D eigenvalue weighted by molar-refractivity contribution is 5.89. The molecule has 4 atom stereocenters. The van der Waals surface area contributed by atoms with Crippen molar-refractivity contribution in [3.05, 3.63) is 52.6 Å². The van der Waals surface area contributed by atoms with Gasteiger partial charge in [0, 0.05) is 58.1 Å². The van der Waals surface area contributed by atoms with E-state index in [-0.39, 0.29) is 11.7 Å². The van der Waals surface area contributed by atoms with Gasteiger partial charge in [-0.25, -0.2) is 9.59 Å². The van der Waals surface area contributed by atoms with Gasteiger partial charge in [0.25, 0.3) is 0 Å². The third kappa shape index (κ3) is 5.23. The van der Waals surface area contributed by atoms with E-state index in [1.165, 1.54) is 22.0 Å². The second-order valence-corrected chi connectivity index (χ2v) is 10.5. The summed E-state index contributed by atoms with van der Waals surface area (Å²) in [5.74, 6) is 1.10. The van der Waals surface area contributed by atoms with Crippen LogP contribution < -0.4 is 22.5 Å². The second-order valence-electron chi connectivity index (χ2n) is 10.5. The van der Waals surface area contributed by atoms with Gasteiger partial charge in [-0.2, -0.15) is 4.98 Å². The van der Waals surface area contributed by atoms with Gasteiger partial charge in [0.1, 0.15) is 11.4 Å². The number of benzene rings is 1. The number of aliphatic hydroxyl groups excluding tert-OH is 1. The number of aliphatic hydroxyl groups is 1. The lowest BCUT2D eigenvalue weighted by Crippen LogP contribution is -2.60. The number of fused-ring (bicyclic) bond motifs is 1. The lowest BCUT2D eigenvalue weighted by atomic mass is 10.0. The van der Waals surface area contributed by atoms with Gasteiger partial charge in [0.15, 0.2) is 0 Å². The Labute approximate surface area is 214 Å². The van der Waals surface area contributed by atoms with E-state index in [1.54, 1.807) is 17.2 Å². The fraction of sp³-hybridized carbons (Fsp3) is 0.520. The van der Waals surface area contributed by atoms with E-state index in [2.05, 4.69) is 15.2 Å². The first-order chi connectivity index (χ1) is 17.7. The van der Waals surface area contributed by atoms with Crippen molar-refractivity contribution in [3.63, 3.8) is 0 Å². The summed E-state index contributed by atoms with van der Waals surface area (Å²) in [5.41, 5.74) is 11.9. The molecule has 198 valence electrons. The Hall–Kier alpha value is -3.32. The summed E-state index contributed by atoms with van der Waals surface area (Å²) < 4.78 is 1.43. The molecule has 1 unspecified atom stereocenters. The summed E-state index contributed by atoms with van der Waals surface area (Å²) in [5, 5.41) is 12.0. The molecule has 1 aromatic heterocycles. The highest BCUT2D eigenvalue weighted by Crippen LogP contribution is 2.44. The molecule has 3 fully saturated rings. The first-order valence-electron chi connectivity index (χ1n) is 12.6. The van der Waals surface area contributed by atoms with E-state index in [1.807, 2.05) is 24.3 Å². The number of nitrogens with one attached hydrogen (secondary N) is 1. The predicted octanol–water partition coefficient (Wildman–Crippen LogP) is -0.993. The molecule has 2 aromatic rings. The van der Waals surface area contributed by atoms with Crippen molar-refractivity contribution in [2.45, 2.75) is 25.0 Å². The molecule has 0 spiro atoms. The summed E-state index contributed by atoms with van der Waals surface area (Å²) in [6, 6.07) is 9.37. The number of anilines is 1. The molecule has 3 aliphatic rings. The normalized spacial score (nSPS) is 24.9. The third-order valence-electron chi connectivity index (χ3n) is 7.67. The monoisotopic (exact) mass is 510 g/mol. The number of carbonyl (C=O) groups excluding carboxylic acids is 2. The molecule has 2 saturated heterocycles. The molecular formula is C25H34N8O4. The van der Waals surface area contributed by atoms with Gasteiger partial charge < -0.3 is 26.4 Å². The second kappa shape index (κ2) is 9.86. The fourth-order valence-electron chi connectivity index (χ4n) is 5.21. The number of likely N-dealkylation sites (tertiary alicyclic amines) is 1. The Morgan fingerprint density at radius 3 is 2.30 bits per heavy atom. The molecule has 12 nitrogen and oxygen atoms in total. The number of urea groups is 1. The number of nitrogens with two attached hydrogens (primary N) is 2. The molecule has 3 heterocycles. The molecule has 37 heavy (non-hydrogen) atoms. The number of nitrogens with zero attached hydrogens (tertiary/aromatic N) is 5. The third-order valence-corrected chi connectivity index (χ3v) is 7.67. The SMILES string of the molecule is C[C@](N)(CO)C(=O)N1CCN(C(=O)Nc2ccn(-c3ccc(CN4C[C@@H]5C(N)[C@@H]5C4)cc3)c(=O)n2)CC1. The average Bonchev–Trinajstić information content (AvgIpc) is 3.28. The van der Waals surface area contributed by atoms with Gasteiger partial charge in [-0.1, -0.05) is 12.1 Å². The minimum atomic E-state index is -1.35. The van der Waals surface area contributed by atoms with E-state index in [0.29, 0.717) is 49.7 Å². The van der Waals surface area contributed by atoms with E-state index >= 15 is 0 Å². The van der Waals surface area contributed by atoms with Gasteiger partial charge >= 0.3 is 11.7 Å². The highest BCUT2D eigenvalue weighted by atomic mass is 16.3. The Balaban J connectivity index is 1.14. The standard InChI is InChI=1S/C25H34N8O4/c1-25(27,15-34)22(35)31-8-10-32(11-9-31)23(36)28-20-6-7-33(24(37)29-20)17-4-2-16(3-5-17)12-30-13-18-19(14-30)21(18)26/h2-7,18-19,21,34H,8-15,26-27H2,1H3,(H,28,29,36,37)/t18-,19+,21?,25-/m0/s1. The van der Waals surface area contributed by atoms with E-state index in [9.17, 15) is 19.5 Å². The zero-order valence-corrected chi connectivity index (χ0v) is 20.9. The molecule has 5 rings (SSSR count). The quantitative estimate of drug-likeness (QED) is 0.385. The largest absolute Gasteiger partial charge is 0.394 e. The van der Waals surface area contributed by atoms with Crippen molar-refractivity contribution in [1.82, 2.24) is 24.3 Å². The van der Waals surface area contributed by atoms with Crippen molar-refractivity contribution in [3.8, 4) is 5.69 Å². The maximum atomic E-state index is 12.7. The van der Waals surface area contributed by atoms with Gasteiger partial charge in [-0.15, -0.1) is 0 Å². The summed E-state index contributed by atoms with van der Waals surface area (Å²) in [6.07, 6.45) is 1.59. The first-order valence-corrected chi connectivity index (χ1v) is 12.6. The van der Waals surface area contributed by atoms with Crippen molar-refractivity contribution in [2.75, 3.05) is 51.2 Å². The van der Waals surface area contributed by atoms with Crippen LogP contribution in [0, 0.1) is 11.8 Å². The number of rotatable bonds is 6. The van der Waals surface area contributed by atoms with Crippen molar-refractivity contribution in [2.24, 2.45) is 23.3 Å². The number of carbonyl (C=O) groups is 2. The van der Waals surface area contributed by atoms with Crippen LogP contribution in [0.1, 0.15) is 12.5 Å². The number of hydrogen-bond acceptors (Lipinski definition) is 8. The van der Waals surface area contributed by atoms with Crippen molar-refractivity contribution in [1.29, 1.82) is 0 Å². The lowest BCUT2D eigenvalue weighted by Gasteiger charge is -2.37. The smallest absolute Gasteiger partial charge is 0.354 e. The van der Waals surface area contributed by atoms with Crippen LogP contribution in [0.3, 0.4) is 0 Å². The summed E-state index contributed by atoms with van der Waals surface area (Å²) >= 11 is 0. The van der Waals surface area contributed by atoms with Crippen LogP contribution in [-0.2, 0) is 11.3 Å². The van der Waals surface area contributed by atoms with Crippen LogP contribution in [0.4, 0.5) is 10.6 Å². The number of piperidine rings is 1. The first kappa shape index (κ1) is 25.3. The highest BCUT2D eigenvalue weighted by Gasteiger charge is 2.53. The molecule has 2 aliphatic heterocycles. The maximum Gasteiger partial charge on any atom is 0.354 e. The maximum absolute atomic E-state index is 12.7. The molecule has 6 N–H and O–H groups in total. The lowest BCUT2D eigenvalue weighted by molar-refractivity contribution is -0.139. The Morgan fingerprint density at radius 1 is 1.08 bits per heavy atom. The molecule has 12 heteroatoms. The number of aromatic nitrogens is 2. The molecule has 1 aliphatic carbocycles. The van der Waals surface area contributed by atoms with Crippen LogP contribution in [-0.4, -0.2) is 98.8 Å². The Morgan fingerprint density at radius 2 is 1.70 bits per heavy atom. The summed E-state index contributed by atoms with van der Waals surface area (Å²) in [7, 11) is 0. The van der Waals surface area contributed by atoms with Gasteiger partial charge in [0.05, 0.1) is 12.3 Å². The van der Waals surface area contributed by atoms with Crippen molar-refractivity contribution >= 4 is 17.8 Å². The summed E-state index contributed by atoms with van der Waals surface area (Å²) in [4.78, 5) is 47.2. The van der Waals surface area contributed by atoms with E-state index < -0.39 is 23.9 Å². The molecule has 0 radical (unpaired) electrons. The van der Waals surface area contributed by atoms with E-state index in [0.717, 1.165) is 19.6 Å². The van der Waals surface area contributed by atoms with Gasteiger partial charge in [0.2, 0.25) is 5.91 Å². The van der Waals surface area contributed by atoms with Crippen LogP contribution >= 0.6 is 0 Å². The molecule has 1 aromatic carbocycles. The Kier molecular flexibility index (Phi) is 6.75. The number of hydrogen-bond donors (Lipinski definition) is 4. The number of piperazine rings is 1. The number of amides is 3.